The van der Waals surface area contributed by atoms with Crippen LogP contribution >= 0.6 is 15.9 Å². The van der Waals surface area contributed by atoms with Gasteiger partial charge in [-0.05, 0) is 46.7 Å². The largest absolute Gasteiger partial charge is 0.465 e. The fraction of sp³-hybridized carbons (Fsp3) is 0.667. The van der Waals surface area contributed by atoms with E-state index in [0.29, 0.717) is 11.7 Å². The first kappa shape index (κ1) is 11.2. The predicted molar refractivity (Wildman–Crippen MR) is 62.5 cm³/mol. The molecule has 2 rings (SSSR count). The number of halogens is 1. The first-order valence-corrected chi connectivity index (χ1v) is 6.42. The molecular weight excluding hydrogens is 256 g/mol. The SMILES string of the molecule is CCC1CCC(C(O)c2occc2Br)C1. The summed E-state index contributed by atoms with van der Waals surface area (Å²) in [6.07, 6.45) is 5.90. The lowest BCUT2D eigenvalue weighted by Gasteiger charge is -2.16. The monoisotopic (exact) mass is 272 g/mol. The van der Waals surface area contributed by atoms with Crippen LogP contribution in [-0.2, 0) is 0 Å². The number of furan rings is 1. The minimum atomic E-state index is -0.439. The maximum atomic E-state index is 10.2. The van der Waals surface area contributed by atoms with E-state index in [-0.39, 0.29) is 0 Å². The zero-order valence-electron chi connectivity index (χ0n) is 8.95. The van der Waals surface area contributed by atoms with E-state index >= 15 is 0 Å². The normalized spacial score (nSPS) is 28.2. The molecule has 0 saturated heterocycles. The van der Waals surface area contributed by atoms with Gasteiger partial charge in [-0.3, -0.25) is 0 Å². The summed E-state index contributed by atoms with van der Waals surface area (Å²) >= 11 is 3.39. The van der Waals surface area contributed by atoms with Gasteiger partial charge in [-0.15, -0.1) is 0 Å². The van der Waals surface area contributed by atoms with Crippen molar-refractivity contribution in [1.29, 1.82) is 0 Å². The molecule has 0 aliphatic heterocycles. The highest BCUT2D eigenvalue weighted by Gasteiger charge is 2.32. The molecule has 0 amide bonds. The van der Waals surface area contributed by atoms with E-state index in [0.717, 1.165) is 23.2 Å². The van der Waals surface area contributed by atoms with Gasteiger partial charge in [0.25, 0.3) is 0 Å². The smallest absolute Gasteiger partial charge is 0.146 e. The van der Waals surface area contributed by atoms with Crippen molar-refractivity contribution in [3.8, 4) is 0 Å². The van der Waals surface area contributed by atoms with E-state index in [1.54, 1.807) is 6.26 Å². The molecule has 1 heterocycles. The van der Waals surface area contributed by atoms with Crippen molar-refractivity contribution >= 4 is 15.9 Å². The van der Waals surface area contributed by atoms with Crippen LogP contribution in [0.5, 0.6) is 0 Å². The van der Waals surface area contributed by atoms with Gasteiger partial charge in [0.05, 0.1) is 10.7 Å². The van der Waals surface area contributed by atoms with Crippen molar-refractivity contribution in [3.63, 3.8) is 0 Å². The summed E-state index contributed by atoms with van der Waals surface area (Å²) in [5.74, 6) is 1.85. The van der Waals surface area contributed by atoms with E-state index in [9.17, 15) is 5.11 Å². The van der Waals surface area contributed by atoms with Gasteiger partial charge < -0.3 is 9.52 Å². The molecule has 0 bridgehead atoms. The lowest BCUT2D eigenvalue weighted by atomic mass is 9.96. The number of aliphatic hydroxyl groups is 1. The van der Waals surface area contributed by atoms with Gasteiger partial charge in [-0.25, -0.2) is 0 Å². The molecule has 84 valence electrons. The van der Waals surface area contributed by atoms with E-state index in [1.165, 1.54) is 12.8 Å². The summed E-state index contributed by atoms with van der Waals surface area (Å²) in [6, 6.07) is 1.84. The fourth-order valence-electron chi connectivity index (χ4n) is 2.50. The Morgan fingerprint density at radius 1 is 1.60 bits per heavy atom. The highest BCUT2D eigenvalue weighted by atomic mass is 79.9. The van der Waals surface area contributed by atoms with Crippen LogP contribution in [0.4, 0.5) is 0 Å². The van der Waals surface area contributed by atoms with Gasteiger partial charge >= 0.3 is 0 Å². The van der Waals surface area contributed by atoms with E-state index in [2.05, 4.69) is 22.9 Å². The highest BCUT2D eigenvalue weighted by molar-refractivity contribution is 9.10. The molecule has 3 unspecified atom stereocenters. The summed E-state index contributed by atoms with van der Waals surface area (Å²) in [4.78, 5) is 0. The number of hydrogen-bond donors (Lipinski definition) is 1. The summed E-state index contributed by atoms with van der Waals surface area (Å²) in [7, 11) is 0. The molecule has 1 aromatic heterocycles. The molecule has 0 spiro atoms. The van der Waals surface area contributed by atoms with E-state index in [4.69, 9.17) is 4.42 Å². The van der Waals surface area contributed by atoms with Crippen LogP contribution in [0.15, 0.2) is 21.2 Å². The van der Waals surface area contributed by atoms with E-state index in [1.807, 2.05) is 6.07 Å². The Bertz CT molecular complexity index is 321. The predicted octanol–water partition coefficient (Wildman–Crippen LogP) is 3.90. The third kappa shape index (κ3) is 2.28. The lowest BCUT2D eigenvalue weighted by molar-refractivity contribution is 0.0857. The number of hydrogen-bond acceptors (Lipinski definition) is 2. The van der Waals surface area contributed by atoms with Crippen molar-refractivity contribution in [2.24, 2.45) is 11.8 Å². The third-order valence-corrected chi connectivity index (χ3v) is 4.17. The van der Waals surface area contributed by atoms with Crippen LogP contribution in [0.3, 0.4) is 0 Å². The maximum Gasteiger partial charge on any atom is 0.146 e. The Balaban J connectivity index is 2.03. The second-order valence-electron chi connectivity index (χ2n) is 4.43. The molecule has 2 nitrogen and oxygen atoms in total. The molecule has 3 heteroatoms. The van der Waals surface area contributed by atoms with Crippen molar-refractivity contribution in [3.05, 3.63) is 22.6 Å². The molecule has 1 aromatic rings. The van der Waals surface area contributed by atoms with Crippen molar-refractivity contribution < 1.29 is 9.52 Å². The fourth-order valence-corrected chi connectivity index (χ4v) is 2.94. The second kappa shape index (κ2) is 4.71. The number of rotatable bonds is 3. The molecular formula is C12H17BrO2. The summed E-state index contributed by atoms with van der Waals surface area (Å²) in [5.41, 5.74) is 0. The van der Waals surface area contributed by atoms with Crippen LogP contribution in [0.1, 0.15) is 44.5 Å². The van der Waals surface area contributed by atoms with Gasteiger partial charge in [0, 0.05) is 0 Å². The molecule has 0 radical (unpaired) electrons. The first-order chi connectivity index (χ1) is 7.22. The molecule has 1 N–H and O–H groups in total. The summed E-state index contributed by atoms with van der Waals surface area (Å²) in [6.45, 7) is 2.22. The van der Waals surface area contributed by atoms with Crippen LogP contribution in [0, 0.1) is 11.8 Å². The minimum absolute atomic E-state index is 0.373. The van der Waals surface area contributed by atoms with Crippen LogP contribution in [0.25, 0.3) is 0 Å². The zero-order valence-corrected chi connectivity index (χ0v) is 10.5. The average Bonchev–Trinajstić information content (AvgIpc) is 2.84. The molecule has 3 atom stereocenters. The first-order valence-electron chi connectivity index (χ1n) is 5.63. The molecule has 15 heavy (non-hydrogen) atoms. The molecule has 1 aliphatic rings. The Labute approximate surface area is 98.8 Å². The van der Waals surface area contributed by atoms with E-state index < -0.39 is 6.10 Å². The lowest BCUT2D eigenvalue weighted by Crippen LogP contribution is -2.09. The van der Waals surface area contributed by atoms with Crippen molar-refractivity contribution in [1.82, 2.24) is 0 Å². The van der Waals surface area contributed by atoms with Gasteiger partial charge in [0.15, 0.2) is 0 Å². The van der Waals surface area contributed by atoms with Crippen LogP contribution < -0.4 is 0 Å². The minimum Gasteiger partial charge on any atom is -0.465 e. The quantitative estimate of drug-likeness (QED) is 0.906. The van der Waals surface area contributed by atoms with Crippen LogP contribution in [-0.4, -0.2) is 5.11 Å². The molecule has 0 aromatic carbocycles. The molecule has 1 saturated carbocycles. The Hall–Kier alpha value is -0.280. The third-order valence-electron chi connectivity index (χ3n) is 3.52. The average molecular weight is 273 g/mol. The Kier molecular flexibility index (Phi) is 3.52. The maximum absolute atomic E-state index is 10.2. The highest BCUT2D eigenvalue weighted by Crippen LogP contribution is 2.41. The van der Waals surface area contributed by atoms with Gasteiger partial charge in [0.1, 0.15) is 11.9 Å². The molecule has 1 fully saturated rings. The van der Waals surface area contributed by atoms with Crippen LogP contribution in [0.2, 0.25) is 0 Å². The van der Waals surface area contributed by atoms with Crippen molar-refractivity contribution in [2.45, 2.75) is 38.7 Å². The van der Waals surface area contributed by atoms with Crippen molar-refractivity contribution in [2.75, 3.05) is 0 Å². The van der Waals surface area contributed by atoms with Gasteiger partial charge in [-0.2, -0.15) is 0 Å². The summed E-state index contributed by atoms with van der Waals surface area (Å²) < 4.78 is 6.19. The second-order valence-corrected chi connectivity index (χ2v) is 5.28. The molecule has 1 aliphatic carbocycles. The summed E-state index contributed by atoms with van der Waals surface area (Å²) in [5, 5.41) is 10.2. The zero-order chi connectivity index (χ0) is 10.8. The van der Waals surface area contributed by atoms with Gasteiger partial charge in [-0.1, -0.05) is 19.8 Å². The van der Waals surface area contributed by atoms with Gasteiger partial charge in [0.2, 0.25) is 0 Å². The number of aliphatic hydroxyl groups excluding tert-OH is 1. The Morgan fingerprint density at radius 2 is 2.40 bits per heavy atom. The Morgan fingerprint density at radius 3 is 2.93 bits per heavy atom. The standard InChI is InChI=1S/C12H17BrO2/c1-2-8-3-4-9(7-8)11(14)12-10(13)5-6-15-12/h5-6,8-9,11,14H,2-4,7H2,1H3. The topological polar surface area (TPSA) is 33.4 Å².